The van der Waals surface area contributed by atoms with Gasteiger partial charge in [-0.15, -0.1) is 5.10 Å². The van der Waals surface area contributed by atoms with E-state index in [-0.39, 0.29) is 0 Å². The molecule has 106 valence electrons. The summed E-state index contributed by atoms with van der Waals surface area (Å²) in [6.07, 6.45) is 1.00. The zero-order chi connectivity index (χ0) is 14.1. The van der Waals surface area contributed by atoms with E-state index in [1.54, 1.807) is 16.8 Å². The molecule has 0 aliphatic carbocycles. The van der Waals surface area contributed by atoms with Gasteiger partial charge in [0, 0.05) is 23.8 Å². The van der Waals surface area contributed by atoms with E-state index in [0.717, 1.165) is 19.6 Å². The number of nitrogens with zero attached hydrogens (tertiary/aromatic N) is 4. The highest BCUT2D eigenvalue weighted by molar-refractivity contribution is 6.43. The molecule has 3 rings (SSSR count). The number of tetrazole rings is 1. The van der Waals surface area contributed by atoms with Crippen LogP contribution in [0.5, 0.6) is 0 Å². The first-order chi connectivity index (χ1) is 9.65. The predicted molar refractivity (Wildman–Crippen MR) is 76.6 cm³/mol. The Morgan fingerprint density at radius 2 is 2.25 bits per heavy atom. The Bertz CT molecular complexity index is 624. The Morgan fingerprint density at radius 3 is 3.00 bits per heavy atom. The Balaban J connectivity index is 1.96. The molecule has 0 spiro atoms. The first kappa shape index (κ1) is 13.6. The van der Waals surface area contributed by atoms with Gasteiger partial charge in [0.05, 0.1) is 23.2 Å². The molecule has 2 aromatic rings. The van der Waals surface area contributed by atoms with Gasteiger partial charge in [0.1, 0.15) is 0 Å². The highest BCUT2D eigenvalue weighted by atomic mass is 35.5. The zero-order valence-corrected chi connectivity index (χ0v) is 12.1. The minimum Gasteiger partial charge on any atom is -0.399 e. The summed E-state index contributed by atoms with van der Waals surface area (Å²) in [6.45, 7) is 2.20. The second-order valence-corrected chi connectivity index (χ2v) is 5.56. The number of nitrogen functional groups attached to an aromatic ring is 1. The number of anilines is 1. The molecule has 1 aliphatic heterocycles. The normalized spacial score (nSPS) is 18.6. The largest absolute Gasteiger partial charge is 0.399 e. The number of nitrogens with two attached hydrogens (primary N) is 1. The number of benzene rings is 1. The molecular weight excluding hydrogens is 301 g/mol. The van der Waals surface area contributed by atoms with Crippen LogP contribution in [0.2, 0.25) is 10.0 Å². The molecule has 0 amide bonds. The van der Waals surface area contributed by atoms with Crippen LogP contribution in [0.25, 0.3) is 11.4 Å². The number of halogens is 2. The molecule has 2 N–H and O–H groups in total. The molecule has 1 saturated heterocycles. The predicted octanol–water partition coefficient (Wildman–Crippen LogP) is 2.27. The van der Waals surface area contributed by atoms with Gasteiger partial charge in [-0.3, -0.25) is 0 Å². The van der Waals surface area contributed by atoms with Crippen molar-refractivity contribution in [1.82, 2.24) is 20.2 Å². The average molecular weight is 314 g/mol. The fourth-order valence-electron chi connectivity index (χ4n) is 2.27. The minimum atomic E-state index is 0.389. The average Bonchev–Trinajstić information content (AvgIpc) is 3.06. The van der Waals surface area contributed by atoms with Gasteiger partial charge in [0.2, 0.25) is 0 Å². The van der Waals surface area contributed by atoms with E-state index < -0.39 is 0 Å². The summed E-state index contributed by atoms with van der Waals surface area (Å²) in [5.74, 6) is 0.976. The molecule has 2 heterocycles. The van der Waals surface area contributed by atoms with Crippen molar-refractivity contribution in [1.29, 1.82) is 0 Å². The van der Waals surface area contributed by atoms with Crippen molar-refractivity contribution in [2.75, 3.05) is 18.9 Å². The lowest BCUT2D eigenvalue weighted by Gasteiger charge is -2.11. The summed E-state index contributed by atoms with van der Waals surface area (Å²) in [4.78, 5) is 0. The van der Waals surface area contributed by atoms with E-state index in [1.165, 1.54) is 0 Å². The molecule has 1 aromatic heterocycles. The maximum atomic E-state index is 6.22. The van der Waals surface area contributed by atoms with E-state index in [2.05, 4.69) is 15.5 Å². The van der Waals surface area contributed by atoms with Crippen molar-refractivity contribution < 1.29 is 4.74 Å². The fraction of sp³-hybridized carbons (Fsp3) is 0.417. The van der Waals surface area contributed by atoms with Gasteiger partial charge < -0.3 is 10.5 Å². The van der Waals surface area contributed by atoms with Crippen LogP contribution < -0.4 is 5.73 Å². The number of rotatable bonds is 3. The number of hydrogen-bond donors (Lipinski definition) is 1. The topological polar surface area (TPSA) is 78.9 Å². The highest BCUT2D eigenvalue weighted by Gasteiger charge is 2.21. The number of ether oxygens (including phenoxy) is 1. The van der Waals surface area contributed by atoms with Gasteiger partial charge in [0.25, 0.3) is 0 Å². The molecule has 0 saturated carbocycles. The van der Waals surface area contributed by atoms with Crippen LogP contribution in [0.15, 0.2) is 12.1 Å². The summed E-state index contributed by atoms with van der Waals surface area (Å²) < 4.78 is 7.08. The second-order valence-electron chi connectivity index (χ2n) is 4.78. The summed E-state index contributed by atoms with van der Waals surface area (Å²) in [6, 6.07) is 3.33. The monoisotopic (exact) mass is 313 g/mol. The Labute approximate surface area is 125 Å². The van der Waals surface area contributed by atoms with Crippen LogP contribution in [-0.4, -0.2) is 33.4 Å². The van der Waals surface area contributed by atoms with Crippen LogP contribution in [0, 0.1) is 5.92 Å². The number of aromatic nitrogens is 4. The van der Waals surface area contributed by atoms with Gasteiger partial charge >= 0.3 is 0 Å². The van der Waals surface area contributed by atoms with Crippen molar-refractivity contribution in [2.24, 2.45) is 5.92 Å². The van der Waals surface area contributed by atoms with Crippen LogP contribution in [0.3, 0.4) is 0 Å². The SMILES string of the molecule is Nc1cc(Cl)c(Cl)c(-c2nnnn2CC2CCOC2)c1. The van der Waals surface area contributed by atoms with Crippen molar-refractivity contribution in [3.63, 3.8) is 0 Å². The van der Waals surface area contributed by atoms with E-state index in [0.29, 0.717) is 39.6 Å². The van der Waals surface area contributed by atoms with Gasteiger partial charge in [-0.25, -0.2) is 4.68 Å². The van der Waals surface area contributed by atoms with Gasteiger partial charge in [-0.2, -0.15) is 0 Å². The van der Waals surface area contributed by atoms with Crippen molar-refractivity contribution in [3.8, 4) is 11.4 Å². The van der Waals surface area contributed by atoms with Crippen LogP contribution in [-0.2, 0) is 11.3 Å². The molecule has 8 heteroatoms. The smallest absolute Gasteiger partial charge is 0.183 e. The van der Waals surface area contributed by atoms with Gasteiger partial charge in [-0.05, 0) is 29.0 Å². The van der Waals surface area contributed by atoms with Crippen LogP contribution >= 0.6 is 23.2 Å². The molecule has 1 atom stereocenters. The second kappa shape index (κ2) is 5.55. The van der Waals surface area contributed by atoms with E-state index in [4.69, 9.17) is 33.7 Å². The van der Waals surface area contributed by atoms with Gasteiger partial charge in [-0.1, -0.05) is 23.2 Å². The summed E-state index contributed by atoms with van der Waals surface area (Å²) in [5.41, 5.74) is 6.97. The molecule has 0 radical (unpaired) electrons. The Morgan fingerprint density at radius 1 is 1.40 bits per heavy atom. The molecule has 1 aliphatic rings. The lowest BCUT2D eigenvalue weighted by Crippen LogP contribution is -2.13. The molecule has 0 bridgehead atoms. The lowest BCUT2D eigenvalue weighted by atomic mass is 10.1. The Kier molecular flexibility index (Phi) is 3.78. The first-order valence-electron chi connectivity index (χ1n) is 6.24. The third kappa shape index (κ3) is 2.59. The summed E-state index contributed by atoms with van der Waals surface area (Å²) >= 11 is 12.3. The molecule has 20 heavy (non-hydrogen) atoms. The van der Waals surface area contributed by atoms with Crippen molar-refractivity contribution >= 4 is 28.9 Å². The van der Waals surface area contributed by atoms with Crippen LogP contribution in [0.1, 0.15) is 6.42 Å². The molecular formula is C12H13Cl2N5O. The quantitative estimate of drug-likeness (QED) is 0.879. The van der Waals surface area contributed by atoms with Crippen molar-refractivity contribution in [2.45, 2.75) is 13.0 Å². The lowest BCUT2D eigenvalue weighted by molar-refractivity contribution is 0.181. The highest BCUT2D eigenvalue weighted by Crippen LogP contribution is 2.34. The standard InChI is InChI=1S/C12H13Cl2N5O/c13-10-4-8(15)3-9(11(10)14)12-16-17-18-19(12)5-7-1-2-20-6-7/h3-4,7H,1-2,5-6,15H2. The summed E-state index contributed by atoms with van der Waals surface area (Å²) in [5, 5.41) is 12.6. The Hall–Kier alpha value is -1.37. The third-order valence-corrected chi connectivity index (χ3v) is 4.08. The maximum absolute atomic E-state index is 6.22. The van der Waals surface area contributed by atoms with Gasteiger partial charge in [0.15, 0.2) is 5.82 Å². The van der Waals surface area contributed by atoms with E-state index in [1.807, 2.05) is 0 Å². The summed E-state index contributed by atoms with van der Waals surface area (Å²) in [7, 11) is 0. The number of hydrogen-bond acceptors (Lipinski definition) is 5. The zero-order valence-electron chi connectivity index (χ0n) is 10.6. The maximum Gasteiger partial charge on any atom is 0.183 e. The van der Waals surface area contributed by atoms with Crippen molar-refractivity contribution in [3.05, 3.63) is 22.2 Å². The van der Waals surface area contributed by atoms with E-state index >= 15 is 0 Å². The molecule has 1 unspecified atom stereocenters. The molecule has 6 nitrogen and oxygen atoms in total. The molecule has 1 fully saturated rings. The fourth-order valence-corrected chi connectivity index (χ4v) is 2.69. The molecule has 1 aromatic carbocycles. The van der Waals surface area contributed by atoms with Crippen LogP contribution in [0.4, 0.5) is 5.69 Å². The first-order valence-corrected chi connectivity index (χ1v) is 6.99. The minimum absolute atomic E-state index is 0.389. The third-order valence-electron chi connectivity index (χ3n) is 3.28. The van der Waals surface area contributed by atoms with E-state index in [9.17, 15) is 0 Å².